The molecule has 3 nitrogen and oxygen atoms in total. The molecule has 1 heterocycles. The molecule has 0 aromatic carbocycles. The van der Waals surface area contributed by atoms with Crippen molar-refractivity contribution in [2.24, 2.45) is 7.05 Å². The Morgan fingerprint density at radius 2 is 2.00 bits per heavy atom. The largest absolute Gasteiger partial charge is 0.437 e. The van der Waals surface area contributed by atoms with Gasteiger partial charge in [-0.3, -0.25) is 4.68 Å². The van der Waals surface area contributed by atoms with Crippen LogP contribution in [-0.2, 0) is 19.6 Å². The van der Waals surface area contributed by atoms with Gasteiger partial charge in [-0.2, -0.15) is 13.2 Å². The first-order chi connectivity index (χ1) is 5.46. The van der Waals surface area contributed by atoms with Gasteiger partial charge in [-0.05, 0) is 6.42 Å². The predicted molar refractivity (Wildman–Crippen MR) is 35.4 cm³/mol. The maximum atomic E-state index is 12.1. The van der Waals surface area contributed by atoms with E-state index in [9.17, 15) is 13.2 Å². The Morgan fingerprint density at radius 3 is 2.33 bits per heavy atom. The SMILES string of the molecule is CCc1c(C(F)(F)F)nnn1C. The van der Waals surface area contributed by atoms with E-state index in [4.69, 9.17) is 0 Å². The Kier molecular flexibility index (Phi) is 2.08. The van der Waals surface area contributed by atoms with E-state index in [1.165, 1.54) is 7.05 Å². The first-order valence-corrected chi connectivity index (χ1v) is 3.42. The molecule has 0 saturated heterocycles. The molecule has 1 rings (SSSR count). The highest BCUT2D eigenvalue weighted by molar-refractivity contribution is 5.13. The van der Waals surface area contributed by atoms with Crippen LogP contribution >= 0.6 is 0 Å². The summed E-state index contributed by atoms with van der Waals surface area (Å²) in [6.07, 6.45) is -4.11. The van der Waals surface area contributed by atoms with Crippen LogP contribution in [0.25, 0.3) is 0 Å². The molecule has 6 heteroatoms. The van der Waals surface area contributed by atoms with Crippen molar-refractivity contribution >= 4 is 0 Å². The van der Waals surface area contributed by atoms with Gasteiger partial charge < -0.3 is 0 Å². The minimum absolute atomic E-state index is 0.113. The highest BCUT2D eigenvalue weighted by Gasteiger charge is 2.37. The molecular formula is C6H8F3N3. The van der Waals surface area contributed by atoms with Crippen molar-refractivity contribution < 1.29 is 13.2 Å². The predicted octanol–water partition coefficient (Wildman–Crippen LogP) is 1.40. The van der Waals surface area contributed by atoms with Crippen molar-refractivity contribution in [3.63, 3.8) is 0 Å². The zero-order valence-electron chi connectivity index (χ0n) is 6.68. The molecule has 0 aliphatic heterocycles. The maximum Gasteiger partial charge on any atom is 0.437 e. The van der Waals surface area contributed by atoms with Crippen molar-refractivity contribution in [1.82, 2.24) is 15.0 Å². The number of hydrogen-bond acceptors (Lipinski definition) is 2. The molecule has 0 aliphatic rings. The molecule has 0 fully saturated rings. The Balaban J connectivity index is 3.16. The summed E-state index contributed by atoms with van der Waals surface area (Å²) in [6.45, 7) is 1.63. The van der Waals surface area contributed by atoms with Crippen molar-refractivity contribution in [3.05, 3.63) is 11.4 Å². The monoisotopic (exact) mass is 179 g/mol. The highest BCUT2D eigenvalue weighted by Crippen LogP contribution is 2.29. The summed E-state index contributed by atoms with van der Waals surface area (Å²) in [7, 11) is 1.45. The van der Waals surface area contributed by atoms with Crippen molar-refractivity contribution in [1.29, 1.82) is 0 Å². The lowest BCUT2D eigenvalue weighted by Crippen LogP contribution is -2.10. The van der Waals surface area contributed by atoms with E-state index in [1.807, 2.05) is 0 Å². The molecule has 0 amide bonds. The summed E-state index contributed by atoms with van der Waals surface area (Å²) in [6, 6.07) is 0. The van der Waals surface area contributed by atoms with Crippen LogP contribution in [-0.4, -0.2) is 15.0 Å². The molecule has 0 saturated carbocycles. The van der Waals surface area contributed by atoms with Gasteiger partial charge in [0.25, 0.3) is 0 Å². The third kappa shape index (κ3) is 1.41. The van der Waals surface area contributed by atoms with Crippen LogP contribution in [0.15, 0.2) is 0 Å². The lowest BCUT2D eigenvalue weighted by molar-refractivity contribution is -0.141. The molecule has 0 unspecified atom stereocenters. The third-order valence-corrected chi connectivity index (χ3v) is 1.55. The topological polar surface area (TPSA) is 30.7 Å². The highest BCUT2D eigenvalue weighted by atomic mass is 19.4. The molecule has 0 bridgehead atoms. The molecule has 0 N–H and O–H groups in total. The molecule has 0 spiro atoms. The van der Waals surface area contributed by atoms with Gasteiger partial charge in [-0.1, -0.05) is 12.1 Å². The minimum atomic E-state index is -4.39. The van der Waals surface area contributed by atoms with Crippen LogP contribution in [0.1, 0.15) is 18.3 Å². The molecule has 1 aromatic rings. The average Bonchev–Trinajstić information content (AvgIpc) is 2.29. The molecule has 0 aliphatic carbocycles. The summed E-state index contributed by atoms with van der Waals surface area (Å²) in [5.74, 6) is 0. The van der Waals surface area contributed by atoms with Crippen molar-refractivity contribution in [3.8, 4) is 0 Å². The number of alkyl halides is 3. The quantitative estimate of drug-likeness (QED) is 0.652. The van der Waals surface area contributed by atoms with Gasteiger partial charge in [0.2, 0.25) is 0 Å². The number of hydrogen-bond donors (Lipinski definition) is 0. The van der Waals surface area contributed by atoms with Crippen molar-refractivity contribution in [2.75, 3.05) is 0 Å². The van der Waals surface area contributed by atoms with Crippen LogP contribution in [0.5, 0.6) is 0 Å². The first-order valence-electron chi connectivity index (χ1n) is 3.42. The van der Waals surface area contributed by atoms with Gasteiger partial charge in [0.15, 0.2) is 5.69 Å². The minimum Gasteiger partial charge on any atom is -0.252 e. The summed E-state index contributed by atoms with van der Waals surface area (Å²) < 4.78 is 37.5. The van der Waals surface area contributed by atoms with E-state index in [0.717, 1.165) is 4.68 Å². The van der Waals surface area contributed by atoms with Gasteiger partial charge in [-0.15, -0.1) is 5.10 Å². The van der Waals surface area contributed by atoms with E-state index in [2.05, 4.69) is 10.3 Å². The molecule has 0 radical (unpaired) electrons. The van der Waals surface area contributed by atoms with Crippen LogP contribution in [0.2, 0.25) is 0 Å². The molecule has 0 atom stereocenters. The van der Waals surface area contributed by atoms with E-state index < -0.39 is 11.9 Å². The van der Waals surface area contributed by atoms with Crippen LogP contribution in [0, 0.1) is 0 Å². The van der Waals surface area contributed by atoms with Crippen molar-refractivity contribution in [2.45, 2.75) is 19.5 Å². The smallest absolute Gasteiger partial charge is 0.252 e. The zero-order valence-corrected chi connectivity index (χ0v) is 6.68. The summed E-state index contributed by atoms with van der Waals surface area (Å²) >= 11 is 0. The zero-order chi connectivity index (χ0) is 9.35. The standard InChI is InChI=1S/C6H8F3N3/c1-3-4-5(6(7,8)9)10-11-12(4)2/h3H2,1-2H3. The second-order valence-electron chi connectivity index (χ2n) is 2.36. The van der Waals surface area contributed by atoms with E-state index in [-0.39, 0.29) is 12.1 Å². The average molecular weight is 179 g/mol. The summed E-state index contributed by atoms with van der Waals surface area (Å²) in [4.78, 5) is 0. The summed E-state index contributed by atoms with van der Waals surface area (Å²) in [5.41, 5.74) is -0.769. The number of aromatic nitrogens is 3. The Labute approximate surface area is 67.2 Å². The lowest BCUT2D eigenvalue weighted by atomic mass is 10.2. The van der Waals surface area contributed by atoms with Gasteiger partial charge in [0.05, 0.1) is 5.69 Å². The van der Waals surface area contributed by atoms with Gasteiger partial charge >= 0.3 is 6.18 Å². The number of rotatable bonds is 1. The van der Waals surface area contributed by atoms with E-state index in [0.29, 0.717) is 0 Å². The van der Waals surface area contributed by atoms with Gasteiger partial charge in [-0.25, -0.2) is 0 Å². The Bertz CT molecular complexity index is 276. The maximum absolute atomic E-state index is 12.1. The lowest BCUT2D eigenvalue weighted by Gasteiger charge is -2.03. The van der Waals surface area contributed by atoms with E-state index in [1.54, 1.807) is 6.92 Å². The molecule has 1 aromatic heterocycles. The normalized spacial score (nSPS) is 12.1. The fraction of sp³-hybridized carbons (Fsp3) is 0.667. The fourth-order valence-electron chi connectivity index (χ4n) is 0.993. The molecule has 68 valence electrons. The summed E-state index contributed by atoms with van der Waals surface area (Å²) in [5, 5.41) is 6.35. The third-order valence-electron chi connectivity index (χ3n) is 1.55. The number of halogens is 3. The fourth-order valence-corrected chi connectivity index (χ4v) is 0.993. The first kappa shape index (κ1) is 9.02. The van der Waals surface area contributed by atoms with Gasteiger partial charge in [0, 0.05) is 7.05 Å². The van der Waals surface area contributed by atoms with Crippen LogP contribution in [0.4, 0.5) is 13.2 Å². The molecular weight excluding hydrogens is 171 g/mol. The second-order valence-corrected chi connectivity index (χ2v) is 2.36. The number of nitrogens with zero attached hydrogens (tertiary/aromatic N) is 3. The number of aryl methyl sites for hydroxylation is 1. The Hall–Kier alpha value is -1.07. The van der Waals surface area contributed by atoms with Crippen LogP contribution < -0.4 is 0 Å². The second kappa shape index (κ2) is 2.76. The molecule has 12 heavy (non-hydrogen) atoms. The van der Waals surface area contributed by atoms with E-state index >= 15 is 0 Å². The Morgan fingerprint density at radius 1 is 1.42 bits per heavy atom. The van der Waals surface area contributed by atoms with Gasteiger partial charge in [0.1, 0.15) is 0 Å². The van der Waals surface area contributed by atoms with Crippen LogP contribution in [0.3, 0.4) is 0 Å².